The summed E-state index contributed by atoms with van der Waals surface area (Å²) < 4.78 is 0. The topological polar surface area (TPSA) is 29.1 Å². The molecule has 0 aromatic rings. The van der Waals surface area contributed by atoms with Crippen LogP contribution in [0.5, 0.6) is 0 Å². The highest BCUT2D eigenvalue weighted by molar-refractivity contribution is 9.09. The molecule has 0 spiro atoms. The number of alkyl halides is 1. The van der Waals surface area contributed by atoms with Gasteiger partial charge in [-0.05, 0) is 5.41 Å². The van der Waals surface area contributed by atoms with Crippen LogP contribution in [-0.2, 0) is 4.79 Å². The fraction of sp³-hybridized carbons (Fsp3) is 0.857. The lowest BCUT2D eigenvalue weighted by Crippen LogP contribution is -2.56. The van der Waals surface area contributed by atoms with Gasteiger partial charge in [-0.25, -0.2) is 0 Å². The average Bonchev–Trinajstić information content (AvgIpc) is 1.81. The van der Waals surface area contributed by atoms with Crippen LogP contribution >= 0.6 is 15.9 Å². The van der Waals surface area contributed by atoms with E-state index in [1.165, 1.54) is 0 Å². The zero-order valence-electron chi connectivity index (χ0n) is 6.28. The van der Waals surface area contributed by atoms with Gasteiger partial charge in [-0.1, -0.05) is 29.8 Å². The molecule has 1 N–H and O–H groups in total. The molecule has 58 valence electrons. The maximum atomic E-state index is 10.5. The molecule has 0 radical (unpaired) electrons. The van der Waals surface area contributed by atoms with Gasteiger partial charge < -0.3 is 5.32 Å². The maximum Gasteiger partial charge on any atom is 0.222 e. The molecule has 1 aliphatic heterocycles. The molecule has 1 heterocycles. The fourth-order valence-electron chi connectivity index (χ4n) is 0.923. The number of hydrogen-bond acceptors (Lipinski definition) is 1. The Morgan fingerprint density at radius 1 is 1.80 bits per heavy atom. The third kappa shape index (κ3) is 1.34. The highest BCUT2D eigenvalue weighted by atomic mass is 79.9. The van der Waals surface area contributed by atoms with Crippen molar-refractivity contribution in [1.82, 2.24) is 5.32 Å². The van der Waals surface area contributed by atoms with Crippen LogP contribution in [0, 0.1) is 5.41 Å². The molecule has 1 rings (SSSR count). The molecule has 1 saturated heterocycles. The molecule has 0 aromatic carbocycles. The first-order valence-corrected chi connectivity index (χ1v) is 4.54. The number of carbonyl (C=O) groups is 1. The van der Waals surface area contributed by atoms with Gasteiger partial charge in [-0.2, -0.15) is 0 Å². The molecule has 1 aliphatic rings. The van der Waals surface area contributed by atoms with E-state index in [0.717, 1.165) is 5.33 Å². The molecule has 1 fully saturated rings. The first kappa shape index (κ1) is 8.05. The van der Waals surface area contributed by atoms with E-state index in [4.69, 9.17) is 0 Å². The summed E-state index contributed by atoms with van der Waals surface area (Å²) in [7, 11) is 0. The summed E-state index contributed by atoms with van der Waals surface area (Å²) in [6, 6.07) is 0.374. The lowest BCUT2D eigenvalue weighted by molar-refractivity contribution is -0.130. The van der Waals surface area contributed by atoms with Gasteiger partial charge in [0.2, 0.25) is 5.91 Å². The molecule has 0 bridgehead atoms. The summed E-state index contributed by atoms with van der Waals surface area (Å²) >= 11 is 3.41. The fourth-order valence-corrected chi connectivity index (χ4v) is 1.31. The van der Waals surface area contributed by atoms with Gasteiger partial charge in [0.05, 0.1) is 0 Å². The Labute approximate surface area is 69.5 Å². The van der Waals surface area contributed by atoms with Gasteiger partial charge in [0.25, 0.3) is 0 Å². The SMILES string of the molecule is CC(C)(CBr)C1CC(=O)N1. The van der Waals surface area contributed by atoms with E-state index in [9.17, 15) is 4.79 Å². The molecule has 1 atom stereocenters. The van der Waals surface area contributed by atoms with Crippen LogP contribution in [0.3, 0.4) is 0 Å². The Morgan fingerprint density at radius 3 is 2.60 bits per heavy atom. The predicted octanol–water partition coefficient (Wildman–Crippen LogP) is 1.30. The second kappa shape index (κ2) is 2.53. The molecule has 2 nitrogen and oxygen atoms in total. The minimum absolute atomic E-state index is 0.180. The summed E-state index contributed by atoms with van der Waals surface area (Å²) in [5, 5.41) is 3.80. The average molecular weight is 206 g/mol. The van der Waals surface area contributed by atoms with Crippen LogP contribution in [0.25, 0.3) is 0 Å². The lowest BCUT2D eigenvalue weighted by atomic mass is 9.81. The van der Waals surface area contributed by atoms with Crippen LogP contribution in [0.1, 0.15) is 20.3 Å². The highest BCUT2D eigenvalue weighted by Gasteiger charge is 2.37. The molecular formula is C7H12BrNO. The van der Waals surface area contributed by atoms with Crippen LogP contribution in [-0.4, -0.2) is 17.3 Å². The van der Waals surface area contributed by atoms with Gasteiger partial charge in [-0.15, -0.1) is 0 Å². The van der Waals surface area contributed by atoms with E-state index in [1.807, 2.05) is 0 Å². The number of nitrogens with one attached hydrogen (secondary N) is 1. The molecule has 0 aliphatic carbocycles. The smallest absolute Gasteiger partial charge is 0.222 e. The quantitative estimate of drug-likeness (QED) is 0.535. The van der Waals surface area contributed by atoms with Crippen molar-refractivity contribution in [3.63, 3.8) is 0 Å². The number of amides is 1. The first-order valence-electron chi connectivity index (χ1n) is 3.41. The van der Waals surface area contributed by atoms with E-state index in [0.29, 0.717) is 12.5 Å². The summed E-state index contributed by atoms with van der Waals surface area (Å²) in [6.45, 7) is 4.29. The van der Waals surface area contributed by atoms with E-state index in [-0.39, 0.29) is 11.3 Å². The van der Waals surface area contributed by atoms with E-state index in [1.54, 1.807) is 0 Å². The highest BCUT2D eigenvalue weighted by Crippen LogP contribution is 2.29. The number of halogens is 1. The second-order valence-corrected chi connectivity index (χ2v) is 4.01. The van der Waals surface area contributed by atoms with Crippen molar-refractivity contribution in [3.8, 4) is 0 Å². The molecule has 10 heavy (non-hydrogen) atoms. The van der Waals surface area contributed by atoms with Crippen molar-refractivity contribution < 1.29 is 4.79 Å². The Bertz CT molecular complexity index is 148. The molecule has 1 unspecified atom stereocenters. The number of carbonyl (C=O) groups excluding carboxylic acids is 1. The van der Waals surface area contributed by atoms with Gasteiger partial charge in [0.1, 0.15) is 0 Å². The third-order valence-corrected chi connectivity index (χ3v) is 3.46. The van der Waals surface area contributed by atoms with Crippen molar-refractivity contribution >= 4 is 21.8 Å². The predicted molar refractivity (Wildman–Crippen MR) is 44.1 cm³/mol. The molecule has 0 aromatic heterocycles. The third-order valence-electron chi connectivity index (χ3n) is 2.01. The summed E-state index contributed by atoms with van der Waals surface area (Å²) in [4.78, 5) is 10.5. The Hall–Kier alpha value is -0.0500. The van der Waals surface area contributed by atoms with Gasteiger partial charge in [0.15, 0.2) is 0 Å². The Balaban J connectivity index is 2.43. The zero-order valence-corrected chi connectivity index (χ0v) is 7.86. The van der Waals surface area contributed by atoms with Crippen molar-refractivity contribution in [2.75, 3.05) is 5.33 Å². The van der Waals surface area contributed by atoms with Crippen molar-refractivity contribution in [2.24, 2.45) is 5.41 Å². The van der Waals surface area contributed by atoms with Crippen molar-refractivity contribution in [3.05, 3.63) is 0 Å². The summed E-state index contributed by atoms with van der Waals surface area (Å²) in [5.74, 6) is 0.180. The molecule has 3 heteroatoms. The summed E-state index contributed by atoms with van der Waals surface area (Å²) in [5.41, 5.74) is 0.202. The minimum Gasteiger partial charge on any atom is -0.352 e. The monoisotopic (exact) mass is 205 g/mol. The molecule has 1 amide bonds. The normalized spacial score (nSPS) is 25.5. The van der Waals surface area contributed by atoms with Crippen LogP contribution < -0.4 is 5.32 Å². The van der Waals surface area contributed by atoms with E-state index in [2.05, 4.69) is 35.1 Å². The first-order chi connectivity index (χ1) is 4.56. The number of hydrogen-bond donors (Lipinski definition) is 1. The van der Waals surface area contributed by atoms with E-state index >= 15 is 0 Å². The van der Waals surface area contributed by atoms with Crippen LogP contribution in [0.4, 0.5) is 0 Å². The maximum absolute atomic E-state index is 10.5. The van der Waals surface area contributed by atoms with Gasteiger partial charge in [-0.3, -0.25) is 4.79 Å². The molecule has 0 saturated carbocycles. The zero-order chi connectivity index (χ0) is 7.78. The summed E-state index contributed by atoms with van der Waals surface area (Å²) in [6.07, 6.45) is 0.693. The standard InChI is InChI=1S/C7H12BrNO/c1-7(2,4-8)5-3-6(10)9-5/h5H,3-4H2,1-2H3,(H,9,10). The minimum atomic E-state index is 0.180. The van der Waals surface area contributed by atoms with Crippen molar-refractivity contribution in [1.29, 1.82) is 0 Å². The van der Waals surface area contributed by atoms with Crippen molar-refractivity contribution in [2.45, 2.75) is 26.3 Å². The van der Waals surface area contributed by atoms with E-state index < -0.39 is 0 Å². The van der Waals surface area contributed by atoms with Crippen LogP contribution in [0.15, 0.2) is 0 Å². The Kier molecular flexibility index (Phi) is 2.04. The lowest BCUT2D eigenvalue weighted by Gasteiger charge is -2.39. The second-order valence-electron chi connectivity index (χ2n) is 3.45. The van der Waals surface area contributed by atoms with Crippen LogP contribution in [0.2, 0.25) is 0 Å². The van der Waals surface area contributed by atoms with Gasteiger partial charge >= 0.3 is 0 Å². The largest absolute Gasteiger partial charge is 0.352 e. The number of rotatable bonds is 2. The number of β-lactam (4-membered cyclic amide) rings is 1. The molecular weight excluding hydrogens is 194 g/mol. The van der Waals surface area contributed by atoms with Gasteiger partial charge in [0, 0.05) is 17.8 Å². The Morgan fingerprint density at radius 2 is 2.30 bits per heavy atom.